The smallest absolute Gasteiger partial charge is 0.248 e. The van der Waals surface area contributed by atoms with Crippen LogP contribution in [0.25, 0.3) is 0 Å². The van der Waals surface area contributed by atoms with Gasteiger partial charge in [0, 0.05) is 30.3 Å². The summed E-state index contributed by atoms with van der Waals surface area (Å²) in [5, 5.41) is 14.2. The molecule has 4 atom stereocenters. The van der Waals surface area contributed by atoms with Crippen molar-refractivity contribution in [3.8, 4) is 0 Å². The molecule has 2 aliphatic rings. The molecule has 0 bridgehead atoms. The number of nitrogens with one attached hydrogen (secondary N) is 1. The van der Waals surface area contributed by atoms with Gasteiger partial charge in [0.25, 0.3) is 0 Å². The van der Waals surface area contributed by atoms with E-state index in [1.54, 1.807) is 20.1 Å². The lowest BCUT2D eigenvalue weighted by atomic mass is 9.79. The highest BCUT2D eigenvalue weighted by atomic mass is 16.5. The number of hydrogen-bond donors (Lipinski definition) is 3. The normalized spacial score (nSPS) is 24.3. The van der Waals surface area contributed by atoms with Crippen LogP contribution < -0.4 is 16.0 Å². The number of ether oxygens (including phenoxy) is 1. The minimum absolute atomic E-state index is 0.0646. The van der Waals surface area contributed by atoms with E-state index in [1.165, 1.54) is 12.8 Å². The first-order valence-corrected chi connectivity index (χ1v) is 10.5. The molecule has 2 aromatic rings. The summed E-state index contributed by atoms with van der Waals surface area (Å²) in [6.07, 6.45) is 1.71. The van der Waals surface area contributed by atoms with E-state index in [2.05, 4.69) is 22.1 Å². The van der Waals surface area contributed by atoms with Crippen molar-refractivity contribution in [2.45, 2.75) is 51.6 Å². The summed E-state index contributed by atoms with van der Waals surface area (Å²) in [4.78, 5) is 18.6. The first kappa shape index (κ1) is 20.6. The molecule has 7 heteroatoms. The van der Waals surface area contributed by atoms with E-state index >= 15 is 0 Å². The fourth-order valence-corrected chi connectivity index (χ4v) is 4.79. The highest BCUT2D eigenvalue weighted by Gasteiger charge is 2.47. The Morgan fingerprint density at radius 2 is 2.13 bits per heavy atom. The summed E-state index contributed by atoms with van der Waals surface area (Å²) in [6.45, 7) is 4.45. The molecule has 2 heterocycles. The number of aromatic nitrogens is 1. The number of aliphatic hydroxyl groups is 1. The first-order valence-electron chi connectivity index (χ1n) is 10.5. The molecule has 30 heavy (non-hydrogen) atoms. The number of benzene rings is 1. The number of hydrogen-bond acceptors (Lipinski definition) is 6. The van der Waals surface area contributed by atoms with Crippen LogP contribution in [-0.4, -0.2) is 35.4 Å². The van der Waals surface area contributed by atoms with Gasteiger partial charge in [0.2, 0.25) is 5.91 Å². The Hall–Kier alpha value is -2.64. The van der Waals surface area contributed by atoms with E-state index in [0.717, 1.165) is 22.8 Å². The van der Waals surface area contributed by atoms with Crippen molar-refractivity contribution < 1.29 is 14.6 Å². The predicted molar refractivity (Wildman–Crippen MR) is 116 cm³/mol. The molecule has 0 saturated heterocycles. The lowest BCUT2D eigenvalue weighted by molar-refractivity contribution is 0.1000. The molecule has 0 radical (unpaired) electrons. The lowest BCUT2D eigenvalue weighted by Gasteiger charge is -2.48. The van der Waals surface area contributed by atoms with Crippen molar-refractivity contribution in [2.75, 3.05) is 17.3 Å². The van der Waals surface area contributed by atoms with Crippen LogP contribution in [0.3, 0.4) is 0 Å². The standard InChI is InChI=1S/C23H30N4O3/c1-13-21(26-20-6-4-5-17(25-20)12-30-3)18-11-16(23(24)29)9-10-19(18)27(14(2)28)22(13)15-7-8-15/h4-6,9-11,13-15,21-22,28H,7-8,12H2,1-3H3,(H2,24,29)(H,25,26)/t13-,14?,21-,22-/m1/s1. The Bertz CT molecular complexity index is 928. The summed E-state index contributed by atoms with van der Waals surface area (Å²) in [5.74, 6) is 1.04. The number of primary amides is 1. The molecular weight excluding hydrogens is 380 g/mol. The van der Waals surface area contributed by atoms with Crippen molar-refractivity contribution in [2.24, 2.45) is 17.6 Å². The second kappa shape index (κ2) is 8.24. The average molecular weight is 411 g/mol. The highest BCUT2D eigenvalue weighted by Crippen LogP contribution is 2.50. The number of amides is 1. The van der Waals surface area contributed by atoms with E-state index < -0.39 is 12.1 Å². The third-order valence-electron chi connectivity index (χ3n) is 6.22. The van der Waals surface area contributed by atoms with Crippen LogP contribution in [0, 0.1) is 11.8 Å². The SMILES string of the molecule is COCc1cccc(N[C@H]2c3cc(C(N)=O)ccc3N(C(C)O)[C@@H](C3CC3)[C@@H]2C)n1. The van der Waals surface area contributed by atoms with Crippen LogP contribution >= 0.6 is 0 Å². The number of carbonyl (C=O) groups excluding carboxylic acids is 1. The molecule has 1 fully saturated rings. The molecule has 0 spiro atoms. The van der Waals surface area contributed by atoms with Gasteiger partial charge in [0.05, 0.1) is 18.3 Å². The van der Waals surface area contributed by atoms with Crippen molar-refractivity contribution >= 4 is 17.4 Å². The molecule has 7 nitrogen and oxygen atoms in total. The second-order valence-corrected chi connectivity index (χ2v) is 8.43. The molecule has 4 N–H and O–H groups in total. The van der Waals surface area contributed by atoms with Gasteiger partial charge in [-0.15, -0.1) is 0 Å². The summed E-state index contributed by atoms with van der Waals surface area (Å²) < 4.78 is 5.21. The van der Waals surface area contributed by atoms with Crippen LogP contribution in [0.15, 0.2) is 36.4 Å². The van der Waals surface area contributed by atoms with E-state index in [9.17, 15) is 9.90 Å². The molecule has 1 aromatic heterocycles. The van der Waals surface area contributed by atoms with Crippen LogP contribution in [0.2, 0.25) is 0 Å². The highest BCUT2D eigenvalue weighted by molar-refractivity contribution is 5.93. The largest absolute Gasteiger partial charge is 0.378 e. The van der Waals surface area contributed by atoms with Gasteiger partial charge in [-0.2, -0.15) is 0 Å². The summed E-state index contributed by atoms with van der Waals surface area (Å²) >= 11 is 0. The number of methoxy groups -OCH3 is 1. The van der Waals surface area contributed by atoms with E-state index in [1.807, 2.05) is 30.3 Å². The Morgan fingerprint density at radius 3 is 2.77 bits per heavy atom. The quantitative estimate of drug-likeness (QED) is 0.649. The number of anilines is 2. The molecule has 1 saturated carbocycles. The topological polar surface area (TPSA) is 101 Å². The van der Waals surface area contributed by atoms with E-state index in [4.69, 9.17) is 10.5 Å². The molecule has 160 valence electrons. The van der Waals surface area contributed by atoms with Gasteiger partial charge in [0.15, 0.2) is 0 Å². The minimum Gasteiger partial charge on any atom is -0.378 e. The molecule has 1 aliphatic heterocycles. The van der Waals surface area contributed by atoms with Gasteiger partial charge in [-0.25, -0.2) is 4.98 Å². The van der Waals surface area contributed by atoms with Gasteiger partial charge in [0.1, 0.15) is 12.0 Å². The number of nitrogens with two attached hydrogens (primary N) is 1. The average Bonchev–Trinajstić information content (AvgIpc) is 3.54. The van der Waals surface area contributed by atoms with Crippen molar-refractivity contribution in [3.63, 3.8) is 0 Å². The van der Waals surface area contributed by atoms with Crippen LogP contribution in [0.4, 0.5) is 11.5 Å². The number of fused-ring (bicyclic) bond motifs is 1. The maximum absolute atomic E-state index is 11.9. The number of carbonyl (C=O) groups is 1. The van der Waals surface area contributed by atoms with Crippen molar-refractivity contribution in [3.05, 3.63) is 53.2 Å². The molecule has 4 rings (SSSR count). The molecule has 1 aromatic carbocycles. The van der Waals surface area contributed by atoms with Crippen molar-refractivity contribution in [1.29, 1.82) is 0 Å². The van der Waals surface area contributed by atoms with Crippen LogP contribution in [0.1, 0.15) is 54.3 Å². The Balaban J connectivity index is 1.78. The maximum atomic E-state index is 11.9. The molecule has 1 unspecified atom stereocenters. The van der Waals surface area contributed by atoms with Gasteiger partial charge < -0.3 is 25.8 Å². The zero-order valence-electron chi connectivity index (χ0n) is 17.7. The summed E-state index contributed by atoms with van der Waals surface area (Å²) in [6, 6.07) is 11.5. The molecule has 1 amide bonds. The summed E-state index contributed by atoms with van der Waals surface area (Å²) in [7, 11) is 1.65. The Morgan fingerprint density at radius 1 is 1.37 bits per heavy atom. The monoisotopic (exact) mass is 410 g/mol. The third-order valence-corrected chi connectivity index (χ3v) is 6.22. The number of nitrogens with zero attached hydrogens (tertiary/aromatic N) is 2. The number of pyridine rings is 1. The zero-order valence-corrected chi connectivity index (χ0v) is 17.7. The van der Waals surface area contributed by atoms with Crippen LogP contribution in [-0.2, 0) is 11.3 Å². The van der Waals surface area contributed by atoms with Gasteiger partial charge in [-0.05, 0) is 61.6 Å². The van der Waals surface area contributed by atoms with Crippen LogP contribution in [0.5, 0.6) is 0 Å². The first-order chi connectivity index (χ1) is 14.4. The van der Waals surface area contributed by atoms with Gasteiger partial charge >= 0.3 is 0 Å². The molecular formula is C23H30N4O3. The fraction of sp³-hybridized carbons (Fsp3) is 0.478. The Labute approximate surface area is 177 Å². The molecule has 1 aliphatic carbocycles. The Kier molecular flexibility index (Phi) is 5.66. The van der Waals surface area contributed by atoms with E-state index in [-0.39, 0.29) is 18.0 Å². The fourth-order valence-electron chi connectivity index (χ4n) is 4.79. The maximum Gasteiger partial charge on any atom is 0.248 e. The number of rotatable bonds is 7. The lowest BCUT2D eigenvalue weighted by Crippen LogP contribution is -2.52. The number of aliphatic hydroxyl groups excluding tert-OH is 1. The zero-order chi connectivity index (χ0) is 21.4. The second-order valence-electron chi connectivity index (χ2n) is 8.43. The van der Waals surface area contributed by atoms with Gasteiger partial charge in [-0.3, -0.25) is 4.79 Å². The minimum atomic E-state index is -0.625. The summed E-state index contributed by atoms with van der Waals surface area (Å²) in [5.41, 5.74) is 8.77. The predicted octanol–water partition coefficient (Wildman–Crippen LogP) is 3.05. The third kappa shape index (κ3) is 3.87. The van der Waals surface area contributed by atoms with Gasteiger partial charge in [-0.1, -0.05) is 13.0 Å². The van der Waals surface area contributed by atoms with Crippen molar-refractivity contribution in [1.82, 2.24) is 4.98 Å². The van der Waals surface area contributed by atoms with E-state index in [0.29, 0.717) is 18.1 Å².